The van der Waals surface area contributed by atoms with E-state index in [4.69, 9.17) is 9.47 Å². The highest BCUT2D eigenvalue weighted by Crippen LogP contribution is 2.19. The molecule has 4 nitrogen and oxygen atoms in total. The zero-order valence-corrected chi connectivity index (χ0v) is 13.6. The van der Waals surface area contributed by atoms with Crippen LogP contribution in [0.4, 0.5) is 0 Å². The maximum Gasteiger partial charge on any atom is 0.342 e. The minimum atomic E-state index is -0.537. The van der Waals surface area contributed by atoms with Crippen LogP contribution < -0.4 is 9.47 Å². The summed E-state index contributed by atoms with van der Waals surface area (Å²) >= 11 is 0. The minimum Gasteiger partial charge on any atom is -0.427 e. The van der Waals surface area contributed by atoms with Crippen LogP contribution in [-0.2, 0) is 9.59 Å². The van der Waals surface area contributed by atoms with Crippen molar-refractivity contribution in [2.24, 2.45) is 0 Å². The van der Waals surface area contributed by atoms with Gasteiger partial charge >= 0.3 is 11.9 Å². The molecule has 0 fully saturated rings. The minimum absolute atomic E-state index is 0.242. The highest BCUT2D eigenvalue weighted by Gasteiger charge is 2.08. The third-order valence-corrected chi connectivity index (χ3v) is 2.93. The van der Waals surface area contributed by atoms with Gasteiger partial charge in [0.25, 0.3) is 0 Å². The molecule has 4 heteroatoms. The van der Waals surface area contributed by atoms with Gasteiger partial charge in [-0.3, -0.25) is 4.79 Å². The van der Waals surface area contributed by atoms with Gasteiger partial charge in [0, 0.05) is 6.92 Å². The van der Waals surface area contributed by atoms with Crippen molar-refractivity contribution < 1.29 is 19.1 Å². The van der Waals surface area contributed by atoms with Crippen LogP contribution in [-0.4, -0.2) is 11.9 Å². The zero-order valence-electron chi connectivity index (χ0n) is 13.6. The van der Waals surface area contributed by atoms with Crippen LogP contribution >= 0.6 is 0 Å². The number of hydrogen-bond donors (Lipinski definition) is 0. The van der Waals surface area contributed by atoms with Crippen LogP contribution in [0, 0.1) is 0 Å². The molecule has 1 aromatic carbocycles. The summed E-state index contributed by atoms with van der Waals surface area (Å²) in [5.41, 5.74) is 1.19. The highest BCUT2D eigenvalue weighted by atomic mass is 16.5. The van der Waals surface area contributed by atoms with Crippen LogP contribution in [0.15, 0.2) is 60.7 Å². The fourth-order valence-corrected chi connectivity index (χ4v) is 1.69. The van der Waals surface area contributed by atoms with Crippen molar-refractivity contribution in [2.45, 2.75) is 33.1 Å². The van der Waals surface area contributed by atoms with Gasteiger partial charge in [-0.25, -0.2) is 4.79 Å². The third-order valence-electron chi connectivity index (χ3n) is 2.93. The van der Waals surface area contributed by atoms with Gasteiger partial charge in [0.2, 0.25) is 0 Å². The first-order chi connectivity index (χ1) is 10.9. The van der Waals surface area contributed by atoms with Crippen LogP contribution in [0.5, 0.6) is 11.5 Å². The molecule has 0 radical (unpaired) electrons. The lowest BCUT2D eigenvalue weighted by Gasteiger charge is -2.05. The van der Waals surface area contributed by atoms with E-state index >= 15 is 0 Å². The second-order valence-electron chi connectivity index (χ2n) is 5.07. The Kier molecular flexibility index (Phi) is 7.54. The normalized spacial score (nSPS) is 10.3. The summed E-state index contributed by atoms with van der Waals surface area (Å²) in [7, 11) is 0. The molecule has 0 aromatic heterocycles. The van der Waals surface area contributed by atoms with E-state index in [-0.39, 0.29) is 5.57 Å². The Bertz CT molecular complexity index is 609. The quantitative estimate of drug-likeness (QED) is 0.309. The molecule has 0 saturated carbocycles. The predicted molar refractivity (Wildman–Crippen MR) is 90.3 cm³/mol. The van der Waals surface area contributed by atoms with Crippen molar-refractivity contribution in [1.82, 2.24) is 0 Å². The maximum atomic E-state index is 11.9. The van der Waals surface area contributed by atoms with E-state index in [1.54, 1.807) is 36.4 Å². The van der Waals surface area contributed by atoms with E-state index in [2.05, 4.69) is 20.1 Å². The number of unbranched alkanes of at least 4 members (excludes halogenated alkanes) is 1. The van der Waals surface area contributed by atoms with Crippen molar-refractivity contribution >= 4 is 11.9 Å². The van der Waals surface area contributed by atoms with Crippen LogP contribution in [0.3, 0.4) is 0 Å². The van der Waals surface area contributed by atoms with Gasteiger partial charge in [-0.05, 0) is 43.2 Å². The van der Waals surface area contributed by atoms with E-state index in [1.165, 1.54) is 6.92 Å². The largest absolute Gasteiger partial charge is 0.427 e. The molecule has 0 saturated heterocycles. The van der Waals surface area contributed by atoms with Gasteiger partial charge in [-0.15, -0.1) is 0 Å². The van der Waals surface area contributed by atoms with Crippen LogP contribution in [0.25, 0.3) is 0 Å². The number of ether oxygens (including phenoxy) is 2. The summed E-state index contributed by atoms with van der Waals surface area (Å²) < 4.78 is 10.1. The molecule has 0 spiro atoms. The van der Waals surface area contributed by atoms with Crippen molar-refractivity contribution in [2.75, 3.05) is 0 Å². The third kappa shape index (κ3) is 7.27. The van der Waals surface area contributed by atoms with Crippen LogP contribution in [0.1, 0.15) is 33.1 Å². The van der Waals surface area contributed by atoms with Gasteiger partial charge in [-0.1, -0.05) is 38.2 Å². The Hall–Kier alpha value is -2.62. The maximum absolute atomic E-state index is 11.9. The lowest BCUT2D eigenvalue weighted by Crippen LogP contribution is -2.09. The summed E-state index contributed by atoms with van der Waals surface area (Å²) in [5, 5.41) is 0. The van der Waals surface area contributed by atoms with Gasteiger partial charge in [-0.2, -0.15) is 0 Å². The average molecular weight is 314 g/mol. The standard InChI is InChI=1S/C19H22O4/c1-5-6-7-14(2)8-9-15(3)19(21)23-18-12-10-17(11-13-18)22-16(4)20/h8-13H,2-3,5-7H2,1,4H3/b9-8-. The fraction of sp³-hybridized carbons (Fsp3) is 0.263. The molecule has 0 aliphatic heterocycles. The Morgan fingerprint density at radius 1 is 1.04 bits per heavy atom. The van der Waals surface area contributed by atoms with Gasteiger partial charge in [0.05, 0.1) is 5.57 Å². The van der Waals surface area contributed by atoms with Gasteiger partial charge < -0.3 is 9.47 Å². The number of carbonyl (C=O) groups is 2. The molecule has 0 atom stereocenters. The molecule has 0 heterocycles. The van der Waals surface area contributed by atoms with Crippen molar-refractivity contribution in [3.8, 4) is 11.5 Å². The summed E-state index contributed by atoms with van der Waals surface area (Å²) in [4.78, 5) is 22.7. The molecule has 0 aliphatic rings. The molecular formula is C19H22O4. The van der Waals surface area contributed by atoms with E-state index in [0.29, 0.717) is 11.5 Å². The summed E-state index contributed by atoms with van der Waals surface area (Å²) in [6, 6.07) is 6.20. The summed E-state index contributed by atoms with van der Waals surface area (Å²) in [6.45, 7) is 11.0. The van der Waals surface area contributed by atoms with E-state index in [1.807, 2.05) is 0 Å². The van der Waals surface area contributed by atoms with E-state index in [9.17, 15) is 9.59 Å². The van der Waals surface area contributed by atoms with Gasteiger partial charge in [0.15, 0.2) is 0 Å². The van der Waals surface area contributed by atoms with E-state index in [0.717, 1.165) is 24.8 Å². The highest BCUT2D eigenvalue weighted by molar-refractivity contribution is 5.92. The first kappa shape index (κ1) is 18.4. The number of carbonyl (C=O) groups excluding carboxylic acids is 2. The van der Waals surface area contributed by atoms with Crippen molar-refractivity contribution in [1.29, 1.82) is 0 Å². The smallest absolute Gasteiger partial charge is 0.342 e. The molecule has 0 aliphatic carbocycles. The molecule has 0 bridgehead atoms. The number of esters is 2. The van der Waals surface area contributed by atoms with Crippen LogP contribution in [0.2, 0.25) is 0 Å². The van der Waals surface area contributed by atoms with Crippen molar-refractivity contribution in [3.05, 3.63) is 60.7 Å². The summed E-state index contributed by atoms with van der Waals surface area (Å²) in [6.07, 6.45) is 6.44. The number of rotatable bonds is 8. The Labute approximate surface area is 137 Å². The second kappa shape index (κ2) is 9.41. The topological polar surface area (TPSA) is 52.6 Å². The zero-order chi connectivity index (χ0) is 17.2. The fourth-order valence-electron chi connectivity index (χ4n) is 1.69. The second-order valence-corrected chi connectivity index (χ2v) is 5.07. The Morgan fingerprint density at radius 2 is 1.61 bits per heavy atom. The monoisotopic (exact) mass is 314 g/mol. The van der Waals surface area contributed by atoms with Gasteiger partial charge in [0.1, 0.15) is 11.5 Å². The molecule has 1 aromatic rings. The number of hydrogen-bond acceptors (Lipinski definition) is 4. The molecule has 0 amide bonds. The Balaban J connectivity index is 2.54. The predicted octanol–water partition coefficient (Wildman–Crippen LogP) is 4.38. The lowest BCUT2D eigenvalue weighted by atomic mass is 10.1. The first-order valence-electron chi connectivity index (χ1n) is 7.47. The molecule has 1 rings (SSSR count). The average Bonchev–Trinajstić information content (AvgIpc) is 2.51. The SMILES string of the molecule is C=C(/C=C\C(=C)C(=O)Oc1ccc(OC(C)=O)cc1)CCCC. The first-order valence-corrected chi connectivity index (χ1v) is 7.47. The Morgan fingerprint density at radius 3 is 2.13 bits per heavy atom. The van der Waals surface area contributed by atoms with E-state index < -0.39 is 11.9 Å². The summed E-state index contributed by atoms with van der Waals surface area (Å²) in [5.74, 6) is -0.199. The molecule has 0 unspecified atom stereocenters. The molecule has 0 N–H and O–H groups in total. The lowest BCUT2D eigenvalue weighted by molar-refractivity contribution is -0.132. The number of benzene rings is 1. The molecule has 23 heavy (non-hydrogen) atoms. The molecule has 122 valence electrons. The van der Waals surface area contributed by atoms with Crippen molar-refractivity contribution in [3.63, 3.8) is 0 Å². The number of allylic oxidation sites excluding steroid dienone is 2. The molecular weight excluding hydrogens is 292 g/mol.